The molecule has 0 aromatic heterocycles. The van der Waals surface area contributed by atoms with Crippen LogP contribution >= 0.6 is 0 Å². The number of nitrogens with one attached hydrogen (secondary N) is 2. The second kappa shape index (κ2) is 7.37. The zero-order chi connectivity index (χ0) is 16.9. The molecule has 0 atom stereocenters. The summed E-state index contributed by atoms with van der Waals surface area (Å²) in [6.07, 6.45) is 1.03. The Hall–Kier alpha value is -2.21. The van der Waals surface area contributed by atoms with Crippen molar-refractivity contribution in [2.45, 2.75) is 25.2 Å². The molecular weight excluding hydrogens is 312 g/mol. The van der Waals surface area contributed by atoms with Gasteiger partial charge in [-0.05, 0) is 61.4 Å². The number of benzene rings is 2. The molecule has 0 saturated heterocycles. The Morgan fingerprint density at radius 2 is 1.70 bits per heavy atom. The van der Waals surface area contributed by atoms with E-state index in [-0.39, 0.29) is 4.90 Å². The van der Waals surface area contributed by atoms with E-state index >= 15 is 0 Å². The highest BCUT2D eigenvalue weighted by molar-refractivity contribution is 7.92. The number of hydrogen-bond acceptors (Lipinski definition) is 4. The van der Waals surface area contributed by atoms with E-state index in [9.17, 15) is 8.42 Å². The summed E-state index contributed by atoms with van der Waals surface area (Å²) in [6.45, 7) is 4.72. The van der Waals surface area contributed by atoms with Crippen molar-refractivity contribution in [1.29, 1.82) is 0 Å². The molecule has 0 unspecified atom stereocenters. The predicted octanol–water partition coefficient (Wildman–Crippen LogP) is 3.63. The van der Waals surface area contributed by atoms with Crippen LogP contribution in [0.5, 0.6) is 5.75 Å². The minimum absolute atomic E-state index is 0.242. The molecule has 2 aromatic rings. The van der Waals surface area contributed by atoms with Crippen LogP contribution in [0.1, 0.15) is 18.9 Å². The van der Waals surface area contributed by atoms with Crippen LogP contribution in [0.25, 0.3) is 0 Å². The van der Waals surface area contributed by atoms with Gasteiger partial charge >= 0.3 is 0 Å². The Morgan fingerprint density at radius 1 is 1.04 bits per heavy atom. The van der Waals surface area contributed by atoms with Gasteiger partial charge in [-0.2, -0.15) is 0 Å². The maximum Gasteiger partial charge on any atom is 0.262 e. The molecule has 2 aromatic carbocycles. The molecule has 0 aliphatic carbocycles. The number of methoxy groups -OCH3 is 1. The molecule has 0 amide bonds. The largest absolute Gasteiger partial charge is 0.497 e. The molecule has 6 heteroatoms. The zero-order valence-corrected chi connectivity index (χ0v) is 14.4. The van der Waals surface area contributed by atoms with Gasteiger partial charge in [0.2, 0.25) is 0 Å². The number of anilines is 2. The van der Waals surface area contributed by atoms with Gasteiger partial charge in [0.15, 0.2) is 0 Å². The molecule has 5 nitrogen and oxygen atoms in total. The second-order valence-corrected chi connectivity index (χ2v) is 6.89. The van der Waals surface area contributed by atoms with Crippen LogP contribution in [0.15, 0.2) is 47.4 Å². The molecule has 124 valence electrons. The number of hydrogen-bond donors (Lipinski definition) is 2. The average molecular weight is 334 g/mol. The van der Waals surface area contributed by atoms with Crippen molar-refractivity contribution in [3.63, 3.8) is 0 Å². The van der Waals surface area contributed by atoms with Crippen molar-refractivity contribution in [2.75, 3.05) is 23.7 Å². The van der Waals surface area contributed by atoms with Gasteiger partial charge in [-0.15, -0.1) is 0 Å². The first-order valence-electron chi connectivity index (χ1n) is 7.47. The van der Waals surface area contributed by atoms with Gasteiger partial charge in [-0.25, -0.2) is 8.42 Å². The average Bonchev–Trinajstić information content (AvgIpc) is 2.53. The standard InChI is InChI=1S/C17H22N2O3S/c1-4-11-18-14-5-7-15(8-6-14)19-23(20,21)17-10-9-16(22-3)12-13(17)2/h5-10,12,18-19H,4,11H2,1-3H3. The van der Waals surface area contributed by atoms with E-state index in [1.54, 1.807) is 44.4 Å². The molecule has 0 radical (unpaired) electrons. The summed E-state index contributed by atoms with van der Waals surface area (Å²) in [4.78, 5) is 0.242. The molecule has 2 rings (SSSR count). The van der Waals surface area contributed by atoms with Gasteiger partial charge in [0, 0.05) is 17.9 Å². The van der Waals surface area contributed by atoms with Crippen LogP contribution in [0.3, 0.4) is 0 Å². The number of aryl methyl sites for hydroxylation is 1. The van der Waals surface area contributed by atoms with Crippen molar-refractivity contribution in [3.8, 4) is 5.75 Å². The van der Waals surface area contributed by atoms with E-state index in [0.717, 1.165) is 18.7 Å². The summed E-state index contributed by atoms with van der Waals surface area (Å²) in [5, 5.41) is 3.25. The summed E-state index contributed by atoms with van der Waals surface area (Å²) < 4.78 is 32.7. The number of sulfonamides is 1. The molecule has 0 fully saturated rings. The topological polar surface area (TPSA) is 67.4 Å². The van der Waals surface area contributed by atoms with E-state index in [1.807, 2.05) is 12.1 Å². The molecule has 0 aliphatic rings. The van der Waals surface area contributed by atoms with Crippen LogP contribution in [0, 0.1) is 6.92 Å². The Kier molecular flexibility index (Phi) is 5.50. The summed E-state index contributed by atoms with van der Waals surface area (Å²) in [5.41, 5.74) is 2.13. The third-order valence-electron chi connectivity index (χ3n) is 3.39. The molecule has 0 bridgehead atoms. The lowest BCUT2D eigenvalue weighted by molar-refractivity contribution is 0.414. The SMILES string of the molecule is CCCNc1ccc(NS(=O)(=O)c2ccc(OC)cc2C)cc1. The van der Waals surface area contributed by atoms with E-state index in [0.29, 0.717) is 17.0 Å². The lowest BCUT2D eigenvalue weighted by Crippen LogP contribution is -2.14. The quantitative estimate of drug-likeness (QED) is 0.811. The predicted molar refractivity (Wildman–Crippen MR) is 93.8 cm³/mol. The Morgan fingerprint density at radius 3 is 2.26 bits per heavy atom. The van der Waals surface area contributed by atoms with Gasteiger partial charge < -0.3 is 10.1 Å². The highest BCUT2D eigenvalue weighted by Crippen LogP contribution is 2.24. The van der Waals surface area contributed by atoms with Crippen LogP contribution < -0.4 is 14.8 Å². The van der Waals surface area contributed by atoms with Gasteiger partial charge in [0.1, 0.15) is 5.75 Å². The van der Waals surface area contributed by atoms with Crippen LogP contribution in [0.4, 0.5) is 11.4 Å². The highest BCUT2D eigenvalue weighted by Gasteiger charge is 2.17. The zero-order valence-electron chi connectivity index (χ0n) is 13.6. The van der Waals surface area contributed by atoms with E-state index < -0.39 is 10.0 Å². The fourth-order valence-corrected chi connectivity index (χ4v) is 3.47. The van der Waals surface area contributed by atoms with Crippen LogP contribution in [-0.2, 0) is 10.0 Å². The number of ether oxygens (including phenoxy) is 1. The van der Waals surface area contributed by atoms with Gasteiger partial charge in [-0.1, -0.05) is 6.92 Å². The van der Waals surface area contributed by atoms with Gasteiger partial charge in [-0.3, -0.25) is 4.72 Å². The lowest BCUT2D eigenvalue weighted by atomic mass is 10.2. The smallest absolute Gasteiger partial charge is 0.262 e. The molecule has 23 heavy (non-hydrogen) atoms. The van der Waals surface area contributed by atoms with Crippen molar-refractivity contribution in [2.24, 2.45) is 0 Å². The molecule has 0 spiro atoms. The molecular formula is C17H22N2O3S. The minimum Gasteiger partial charge on any atom is -0.497 e. The maximum absolute atomic E-state index is 12.5. The van der Waals surface area contributed by atoms with Gasteiger partial charge in [0.05, 0.1) is 12.0 Å². The van der Waals surface area contributed by atoms with E-state index in [1.165, 1.54) is 0 Å². The van der Waals surface area contributed by atoms with Crippen LogP contribution in [-0.4, -0.2) is 22.1 Å². The summed E-state index contributed by atoms with van der Waals surface area (Å²) >= 11 is 0. The summed E-state index contributed by atoms with van der Waals surface area (Å²) in [5.74, 6) is 0.632. The monoisotopic (exact) mass is 334 g/mol. The highest BCUT2D eigenvalue weighted by atomic mass is 32.2. The van der Waals surface area contributed by atoms with Crippen molar-refractivity contribution >= 4 is 21.4 Å². The Balaban J connectivity index is 2.18. The molecule has 0 saturated carbocycles. The van der Waals surface area contributed by atoms with Crippen molar-refractivity contribution in [1.82, 2.24) is 0 Å². The molecule has 0 aliphatic heterocycles. The van der Waals surface area contributed by atoms with Crippen LogP contribution in [0.2, 0.25) is 0 Å². The first kappa shape index (κ1) is 17.1. The first-order chi connectivity index (χ1) is 11.0. The van der Waals surface area contributed by atoms with E-state index in [2.05, 4.69) is 17.0 Å². The fraction of sp³-hybridized carbons (Fsp3) is 0.294. The maximum atomic E-state index is 12.5. The summed E-state index contributed by atoms with van der Waals surface area (Å²) in [6, 6.07) is 12.1. The second-order valence-electron chi connectivity index (χ2n) is 5.24. The van der Waals surface area contributed by atoms with Gasteiger partial charge in [0.25, 0.3) is 10.0 Å². The first-order valence-corrected chi connectivity index (χ1v) is 8.96. The normalized spacial score (nSPS) is 11.1. The van der Waals surface area contributed by atoms with Crippen molar-refractivity contribution in [3.05, 3.63) is 48.0 Å². The Bertz CT molecular complexity index is 756. The number of rotatable bonds is 7. The lowest BCUT2D eigenvalue weighted by Gasteiger charge is -2.12. The molecule has 0 heterocycles. The minimum atomic E-state index is -3.62. The van der Waals surface area contributed by atoms with E-state index in [4.69, 9.17) is 4.74 Å². The third-order valence-corrected chi connectivity index (χ3v) is 4.93. The summed E-state index contributed by atoms with van der Waals surface area (Å²) in [7, 11) is -2.07. The fourth-order valence-electron chi connectivity index (χ4n) is 2.19. The third kappa shape index (κ3) is 4.39. The van der Waals surface area contributed by atoms with Crippen molar-refractivity contribution < 1.29 is 13.2 Å². The molecule has 2 N–H and O–H groups in total. The Labute approximate surface area is 137 Å².